The van der Waals surface area contributed by atoms with Gasteiger partial charge in [-0.1, -0.05) is 17.7 Å². The van der Waals surface area contributed by atoms with Crippen LogP contribution in [0.4, 0.5) is 15.8 Å². The minimum absolute atomic E-state index is 0.129. The summed E-state index contributed by atoms with van der Waals surface area (Å²) in [6, 6.07) is 11.5. The van der Waals surface area contributed by atoms with Gasteiger partial charge in [-0.05, 0) is 42.0 Å². The molecule has 0 heterocycles. The zero-order valence-corrected chi connectivity index (χ0v) is 11.7. The molecule has 104 valence electrons. The Balaban J connectivity index is 2.07. The lowest BCUT2D eigenvalue weighted by molar-refractivity contribution is -0.114. The monoisotopic (exact) mass is 292 g/mol. The standard InChI is InChI=1S/C15H14ClFN2O/c1-10(20)19-14-4-2-3-13(8-14)18-9-11-7-12(17)5-6-15(11)16/h2-8,18H,9H2,1H3,(H,19,20). The van der Waals surface area contributed by atoms with Crippen LogP contribution in [0.5, 0.6) is 0 Å². The van der Waals surface area contributed by atoms with Gasteiger partial charge in [0.2, 0.25) is 5.91 Å². The zero-order chi connectivity index (χ0) is 14.5. The smallest absolute Gasteiger partial charge is 0.221 e. The first-order valence-corrected chi connectivity index (χ1v) is 6.48. The van der Waals surface area contributed by atoms with Crippen molar-refractivity contribution in [2.45, 2.75) is 13.5 Å². The lowest BCUT2D eigenvalue weighted by Crippen LogP contribution is -2.06. The van der Waals surface area contributed by atoms with Gasteiger partial charge in [0.1, 0.15) is 5.82 Å². The summed E-state index contributed by atoms with van der Waals surface area (Å²) >= 11 is 6.00. The first kappa shape index (κ1) is 14.3. The number of benzene rings is 2. The van der Waals surface area contributed by atoms with E-state index in [0.717, 1.165) is 5.69 Å². The molecule has 20 heavy (non-hydrogen) atoms. The average Bonchev–Trinajstić information content (AvgIpc) is 2.39. The molecule has 2 rings (SSSR count). The molecule has 2 aromatic rings. The molecule has 5 heteroatoms. The van der Waals surface area contributed by atoms with Gasteiger partial charge in [0.05, 0.1) is 0 Å². The van der Waals surface area contributed by atoms with Crippen molar-refractivity contribution >= 4 is 28.9 Å². The van der Waals surface area contributed by atoms with Gasteiger partial charge in [-0.3, -0.25) is 4.79 Å². The number of nitrogens with one attached hydrogen (secondary N) is 2. The predicted molar refractivity (Wildman–Crippen MR) is 79.5 cm³/mol. The third-order valence-corrected chi connectivity index (χ3v) is 3.04. The minimum Gasteiger partial charge on any atom is -0.381 e. The van der Waals surface area contributed by atoms with Crippen LogP contribution >= 0.6 is 11.6 Å². The molecule has 0 atom stereocenters. The van der Waals surface area contributed by atoms with Crippen LogP contribution in [0.15, 0.2) is 42.5 Å². The number of hydrogen-bond donors (Lipinski definition) is 2. The van der Waals surface area contributed by atoms with Crippen LogP contribution < -0.4 is 10.6 Å². The summed E-state index contributed by atoms with van der Waals surface area (Å²) in [6.07, 6.45) is 0. The first-order chi connectivity index (χ1) is 9.54. The largest absolute Gasteiger partial charge is 0.381 e. The van der Waals surface area contributed by atoms with Crippen LogP contribution in [0.3, 0.4) is 0 Å². The topological polar surface area (TPSA) is 41.1 Å². The molecular weight excluding hydrogens is 279 g/mol. The van der Waals surface area contributed by atoms with E-state index in [2.05, 4.69) is 10.6 Å². The van der Waals surface area contributed by atoms with Crippen LogP contribution in [-0.4, -0.2) is 5.91 Å². The summed E-state index contributed by atoms with van der Waals surface area (Å²) < 4.78 is 13.1. The van der Waals surface area contributed by atoms with E-state index in [1.807, 2.05) is 12.1 Å². The number of rotatable bonds is 4. The quantitative estimate of drug-likeness (QED) is 0.892. The maximum Gasteiger partial charge on any atom is 0.221 e. The molecule has 0 aliphatic heterocycles. The molecule has 2 aromatic carbocycles. The highest BCUT2D eigenvalue weighted by atomic mass is 35.5. The summed E-state index contributed by atoms with van der Waals surface area (Å²) in [5.74, 6) is -0.450. The maximum absolute atomic E-state index is 13.1. The molecule has 0 aromatic heterocycles. The fraction of sp³-hybridized carbons (Fsp3) is 0.133. The Labute approximate surface area is 121 Å². The summed E-state index contributed by atoms with van der Waals surface area (Å²) in [4.78, 5) is 11.0. The zero-order valence-electron chi connectivity index (χ0n) is 10.9. The minimum atomic E-state index is -0.321. The second-order valence-electron chi connectivity index (χ2n) is 4.35. The summed E-state index contributed by atoms with van der Waals surface area (Å²) in [5, 5.41) is 6.35. The van der Waals surface area contributed by atoms with Crippen molar-refractivity contribution in [1.82, 2.24) is 0 Å². The lowest BCUT2D eigenvalue weighted by Gasteiger charge is -2.10. The molecule has 1 amide bonds. The van der Waals surface area contributed by atoms with Crippen molar-refractivity contribution in [3.8, 4) is 0 Å². The summed E-state index contributed by atoms with van der Waals surface area (Å²) in [5.41, 5.74) is 2.20. The number of hydrogen-bond acceptors (Lipinski definition) is 2. The van der Waals surface area contributed by atoms with Gasteiger partial charge in [0.15, 0.2) is 0 Å². The van der Waals surface area contributed by atoms with E-state index in [1.54, 1.807) is 12.1 Å². The van der Waals surface area contributed by atoms with Gasteiger partial charge < -0.3 is 10.6 Å². The van der Waals surface area contributed by atoms with Gasteiger partial charge in [-0.15, -0.1) is 0 Å². The number of carbonyl (C=O) groups is 1. The van der Waals surface area contributed by atoms with Crippen LogP contribution in [0.1, 0.15) is 12.5 Å². The van der Waals surface area contributed by atoms with Crippen LogP contribution in [0.2, 0.25) is 5.02 Å². The van der Waals surface area contributed by atoms with Gasteiger partial charge >= 0.3 is 0 Å². The Bertz CT molecular complexity index is 631. The molecule has 3 nitrogen and oxygen atoms in total. The highest BCUT2D eigenvalue weighted by Crippen LogP contribution is 2.20. The van der Waals surface area contributed by atoms with E-state index in [4.69, 9.17) is 11.6 Å². The van der Waals surface area contributed by atoms with Crippen molar-refractivity contribution in [3.05, 3.63) is 58.9 Å². The molecule has 0 spiro atoms. The number of carbonyl (C=O) groups excluding carboxylic acids is 1. The molecule has 0 saturated carbocycles. The number of halogens is 2. The molecule has 0 fully saturated rings. The van der Waals surface area contributed by atoms with E-state index in [0.29, 0.717) is 22.8 Å². The fourth-order valence-corrected chi connectivity index (χ4v) is 1.97. The molecule has 2 N–H and O–H groups in total. The van der Waals surface area contributed by atoms with Gasteiger partial charge in [0, 0.05) is 29.9 Å². The summed E-state index contributed by atoms with van der Waals surface area (Å²) in [7, 11) is 0. The molecule has 0 bridgehead atoms. The Hall–Kier alpha value is -2.07. The van der Waals surface area contributed by atoms with Crippen LogP contribution in [0, 0.1) is 5.82 Å². The first-order valence-electron chi connectivity index (χ1n) is 6.10. The molecular formula is C15H14ClFN2O. The Morgan fingerprint density at radius 2 is 1.95 bits per heavy atom. The normalized spacial score (nSPS) is 10.2. The maximum atomic E-state index is 13.1. The molecule has 0 radical (unpaired) electrons. The highest BCUT2D eigenvalue weighted by molar-refractivity contribution is 6.31. The van der Waals surface area contributed by atoms with Crippen LogP contribution in [-0.2, 0) is 11.3 Å². The summed E-state index contributed by atoms with van der Waals surface area (Å²) in [6.45, 7) is 1.85. The van der Waals surface area contributed by atoms with Crippen molar-refractivity contribution in [2.24, 2.45) is 0 Å². The van der Waals surface area contributed by atoms with Crippen molar-refractivity contribution < 1.29 is 9.18 Å². The second-order valence-corrected chi connectivity index (χ2v) is 4.76. The molecule has 0 aliphatic rings. The Morgan fingerprint density at radius 3 is 2.70 bits per heavy atom. The van der Waals surface area contributed by atoms with Gasteiger partial charge in [-0.2, -0.15) is 0 Å². The van der Waals surface area contributed by atoms with E-state index in [9.17, 15) is 9.18 Å². The Kier molecular flexibility index (Phi) is 4.58. The molecule has 0 saturated heterocycles. The Morgan fingerprint density at radius 1 is 1.20 bits per heavy atom. The third-order valence-electron chi connectivity index (χ3n) is 2.67. The third kappa shape index (κ3) is 3.96. The average molecular weight is 293 g/mol. The van der Waals surface area contributed by atoms with E-state index < -0.39 is 0 Å². The van der Waals surface area contributed by atoms with Crippen molar-refractivity contribution in [2.75, 3.05) is 10.6 Å². The predicted octanol–water partition coefficient (Wildman–Crippen LogP) is 4.05. The van der Waals surface area contributed by atoms with Gasteiger partial charge in [0.25, 0.3) is 0 Å². The molecule has 0 unspecified atom stereocenters. The van der Waals surface area contributed by atoms with Crippen molar-refractivity contribution in [3.63, 3.8) is 0 Å². The van der Waals surface area contributed by atoms with E-state index >= 15 is 0 Å². The van der Waals surface area contributed by atoms with Gasteiger partial charge in [-0.25, -0.2) is 4.39 Å². The van der Waals surface area contributed by atoms with Crippen LogP contribution in [0.25, 0.3) is 0 Å². The second kappa shape index (κ2) is 6.39. The van der Waals surface area contributed by atoms with E-state index in [1.165, 1.54) is 25.1 Å². The highest BCUT2D eigenvalue weighted by Gasteiger charge is 2.03. The SMILES string of the molecule is CC(=O)Nc1cccc(NCc2cc(F)ccc2Cl)c1. The fourth-order valence-electron chi connectivity index (χ4n) is 1.79. The number of anilines is 2. The van der Waals surface area contributed by atoms with Crippen molar-refractivity contribution in [1.29, 1.82) is 0 Å². The number of amides is 1. The lowest BCUT2D eigenvalue weighted by atomic mass is 10.2. The van der Waals surface area contributed by atoms with E-state index in [-0.39, 0.29) is 11.7 Å². The molecule has 0 aliphatic carbocycles.